The fraction of sp³-hybridized carbons (Fsp3) is 0.529. The first-order chi connectivity index (χ1) is 11.8. The molecule has 7 heteroatoms. The maximum absolute atomic E-state index is 9.07. The highest BCUT2D eigenvalue weighted by molar-refractivity contribution is 5.77. The molecule has 0 spiro atoms. The molecule has 3 rings (SSSR count). The van der Waals surface area contributed by atoms with E-state index in [1.807, 2.05) is 24.3 Å². The maximum Gasteiger partial charge on any atom is 0.207 e. The highest BCUT2D eigenvalue weighted by Gasteiger charge is 2.22. The lowest BCUT2D eigenvalue weighted by Crippen LogP contribution is -2.52. The minimum atomic E-state index is -0.177. The molecule has 2 heterocycles. The molecule has 1 aromatic carbocycles. The number of piperidine rings is 1. The van der Waals surface area contributed by atoms with Gasteiger partial charge in [0.25, 0.3) is 0 Å². The van der Waals surface area contributed by atoms with E-state index >= 15 is 0 Å². The lowest BCUT2D eigenvalue weighted by Gasteiger charge is -2.36. The molecule has 1 fully saturated rings. The van der Waals surface area contributed by atoms with E-state index in [0.29, 0.717) is 19.1 Å². The Kier molecular flexibility index (Phi) is 5.39. The molecule has 2 N–H and O–H groups in total. The standard InChI is InChI=1S/C17H23N5O2/c18-8-11-22(21-9-4-1-5-10-21)17(19)20-12-14-13-23-15-6-2-3-7-16(15)24-14/h2-3,6-7,14H,1,4-5,9-13H2,(H2,19,20). The fourth-order valence-corrected chi connectivity index (χ4v) is 2.94. The molecular formula is C17H23N5O2. The highest BCUT2D eigenvalue weighted by atomic mass is 16.6. The number of hydrogen-bond acceptors (Lipinski definition) is 5. The monoisotopic (exact) mass is 329 g/mol. The minimum absolute atomic E-state index is 0.177. The average Bonchev–Trinajstić information content (AvgIpc) is 2.64. The molecule has 1 atom stereocenters. The number of nitrogens with zero attached hydrogens (tertiary/aromatic N) is 4. The predicted octanol–water partition coefficient (Wildman–Crippen LogP) is 1.37. The Morgan fingerprint density at radius 2 is 2.04 bits per heavy atom. The lowest BCUT2D eigenvalue weighted by molar-refractivity contribution is 0.0341. The van der Waals surface area contributed by atoms with E-state index < -0.39 is 0 Å². The van der Waals surface area contributed by atoms with Crippen molar-refractivity contribution in [3.05, 3.63) is 24.3 Å². The Morgan fingerprint density at radius 1 is 1.29 bits per heavy atom. The van der Waals surface area contributed by atoms with Gasteiger partial charge in [-0.25, -0.2) is 10.0 Å². The molecule has 24 heavy (non-hydrogen) atoms. The number of nitrogens with two attached hydrogens (primary N) is 1. The zero-order chi connectivity index (χ0) is 16.8. The minimum Gasteiger partial charge on any atom is -0.486 e. The first-order valence-corrected chi connectivity index (χ1v) is 8.35. The Hall–Kier alpha value is -2.46. The van der Waals surface area contributed by atoms with Crippen molar-refractivity contribution in [2.45, 2.75) is 25.4 Å². The second-order valence-corrected chi connectivity index (χ2v) is 5.93. The van der Waals surface area contributed by atoms with Crippen LogP contribution in [0.2, 0.25) is 0 Å². The van der Waals surface area contributed by atoms with Gasteiger partial charge in [-0.3, -0.25) is 5.01 Å². The van der Waals surface area contributed by atoms with Crippen LogP contribution in [0.3, 0.4) is 0 Å². The van der Waals surface area contributed by atoms with Crippen molar-refractivity contribution in [1.29, 1.82) is 5.26 Å². The fourth-order valence-electron chi connectivity index (χ4n) is 2.94. The van der Waals surface area contributed by atoms with Crippen LogP contribution in [0.1, 0.15) is 19.3 Å². The van der Waals surface area contributed by atoms with E-state index in [4.69, 9.17) is 20.5 Å². The quantitative estimate of drug-likeness (QED) is 0.510. The Labute approximate surface area is 142 Å². The van der Waals surface area contributed by atoms with Gasteiger partial charge in [-0.05, 0) is 25.0 Å². The second-order valence-electron chi connectivity index (χ2n) is 5.93. The van der Waals surface area contributed by atoms with Gasteiger partial charge in [0, 0.05) is 13.1 Å². The molecule has 0 aliphatic carbocycles. The van der Waals surface area contributed by atoms with E-state index in [-0.39, 0.29) is 12.6 Å². The molecule has 2 aliphatic rings. The zero-order valence-electron chi connectivity index (χ0n) is 13.7. The van der Waals surface area contributed by atoms with Gasteiger partial charge in [0.2, 0.25) is 5.96 Å². The summed E-state index contributed by atoms with van der Waals surface area (Å²) < 4.78 is 11.6. The van der Waals surface area contributed by atoms with Gasteiger partial charge in [0.05, 0.1) is 12.6 Å². The normalized spacial score (nSPS) is 21.1. The number of ether oxygens (including phenoxy) is 2. The third-order valence-electron chi connectivity index (χ3n) is 4.18. The number of fused-ring (bicyclic) bond motifs is 1. The van der Waals surface area contributed by atoms with E-state index in [2.05, 4.69) is 16.1 Å². The SMILES string of the molecule is N#CCN(C(N)=NCC1COc2ccccc2O1)N1CCCCC1. The first-order valence-electron chi connectivity index (χ1n) is 8.35. The Bertz CT molecular complexity index is 622. The summed E-state index contributed by atoms with van der Waals surface area (Å²) in [7, 11) is 0. The van der Waals surface area contributed by atoms with Crippen molar-refractivity contribution in [3.8, 4) is 17.6 Å². The third kappa shape index (κ3) is 3.89. The van der Waals surface area contributed by atoms with E-state index in [0.717, 1.165) is 37.4 Å². The van der Waals surface area contributed by atoms with Crippen LogP contribution in [0.5, 0.6) is 11.5 Å². The molecule has 1 aromatic rings. The number of guanidine groups is 1. The van der Waals surface area contributed by atoms with E-state index in [9.17, 15) is 0 Å². The topological polar surface area (TPSA) is 87.1 Å². The van der Waals surface area contributed by atoms with Crippen molar-refractivity contribution >= 4 is 5.96 Å². The summed E-state index contributed by atoms with van der Waals surface area (Å²) in [6, 6.07) is 9.75. The van der Waals surface area contributed by atoms with Gasteiger partial charge in [0.15, 0.2) is 17.6 Å². The lowest BCUT2D eigenvalue weighted by atomic mass is 10.2. The first kappa shape index (κ1) is 16.4. The molecule has 0 radical (unpaired) electrons. The highest BCUT2D eigenvalue weighted by Crippen LogP contribution is 2.30. The number of hydrazine groups is 1. The molecule has 7 nitrogen and oxygen atoms in total. The van der Waals surface area contributed by atoms with Crippen LogP contribution in [0.25, 0.3) is 0 Å². The van der Waals surface area contributed by atoms with Crippen LogP contribution in [0.15, 0.2) is 29.3 Å². The summed E-state index contributed by atoms with van der Waals surface area (Å²) in [6.45, 7) is 2.87. The summed E-state index contributed by atoms with van der Waals surface area (Å²) in [5, 5.41) is 13.0. The van der Waals surface area contributed by atoms with E-state index in [1.54, 1.807) is 5.01 Å². The van der Waals surface area contributed by atoms with Crippen LogP contribution in [-0.4, -0.2) is 54.9 Å². The Balaban J connectivity index is 1.61. The predicted molar refractivity (Wildman–Crippen MR) is 90.6 cm³/mol. The molecule has 0 amide bonds. The number of aliphatic imine (C=N–C) groups is 1. The third-order valence-corrected chi connectivity index (χ3v) is 4.18. The van der Waals surface area contributed by atoms with Crippen LogP contribution in [0.4, 0.5) is 0 Å². The maximum atomic E-state index is 9.07. The zero-order valence-corrected chi connectivity index (χ0v) is 13.7. The van der Waals surface area contributed by atoms with Crippen molar-refractivity contribution in [1.82, 2.24) is 10.0 Å². The summed E-state index contributed by atoms with van der Waals surface area (Å²) in [4.78, 5) is 4.44. The second kappa shape index (κ2) is 7.88. The van der Waals surface area contributed by atoms with Gasteiger partial charge in [-0.15, -0.1) is 0 Å². The van der Waals surface area contributed by atoms with Gasteiger partial charge in [0.1, 0.15) is 13.2 Å². The number of hydrogen-bond donors (Lipinski definition) is 1. The van der Waals surface area contributed by atoms with Crippen LogP contribution >= 0.6 is 0 Å². The number of rotatable bonds is 4. The molecule has 0 saturated carbocycles. The molecule has 1 saturated heterocycles. The molecule has 0 bridgehead atoms. The van der Waals surface area contributed by atoms with Crippen LogP contribution < -0.4 is 15.2 Å². The largest absolute Gasteiger partial charge is 0.486 e. The van der Waals surface area contributed by atoms with Crippen LogP contribution in [0, 0.1) is 11.3 Å². The van der Waals surface area contributed by atoms with Crippen molar-refractivity contribution < 1.29 is 9.47 Å². The number of benzene rings is 1. The van der Waals surface area contributed by atoms with E-state index in [1.165, 1.54) is 6.42 Å². The van der Waals surface area contributed by atoms with Crippen molar-refractivity contribution in [2.24, 2.45) is 10.7 Å². The van der Waals surface area contributed by atoms with Crippen molar-refractivity contribution in [3.63, 3.8) is 0 Å². The molecule has 128 valence electrons. The Morgan fingerprint density at radius 3 is 2.79 bits per heavy atom. The average molecular weight is 329 g/mol. The number of para-hydroxylation sites is 2. The molecule has 0 aromatic heterocycles. The summed E-state index contributed by atoms with van der Waals surface area (Å²) in [5.41, 5.74) is 6.13. The van der Waals surface area contributed by atoms with Gasteiger partial charge in [-0.1, -0.05) is 18.6 Å². The van der Waals surface area contributed by atoms with Gasteiger partial charge in [-0.2, -0.15) is 5.26 Å². The summed E-state index contributed by atoms with van der Waals surface area (Å²) in [5.74, 6) is 1.85. The molecule has 1 unspecified atom stereocenters. The summed E-state index contributed by atoms with van der Waals surface area (Å²) in [6.07, 6.45) is 3.28. The smallest absolute Gasteiger partial charge is 0.207 e. The van der Waals surface area contributed by atoms with Crippen LogP contribution in [-0.2, 0) is 0 Å². The molecule has 2 aliphatic heterocycles. The van der Waals surface area contributed by atoms with Gasteiger partial charge < -0.3 is 15.2 Å². The van der Waals surface area contributed by atoms with Gasteiger partial charge >= 0.3 is 0 Å². The van der Waals surface area contributed by atoms with Crippen molar-refractivity contribution in [2.75, 3.05) is 32.8 Å². The summed E-state index contributed by atoms with van der Waals surface area (Å²) >= 11 is 0. The number of nitriles is 1. The molecular weight excluding hydrogens is 306 g/mol.